The van der Waals surface area contributed by atoms with Crippen LogP contribution >= 0.6 is 11.3 Å². The molecule has 0 bridgehead atoms. The van der Waals surface area contributed by atoms with Crippen molar-refractivity contribution in [2.45, 2.75) is 19.3 Å². The maximum atomic E-state index is 13.7. The van der Waals surface area contributed by atoms with Crippen LogP contribution in [0.25, 0.3) is 31.7 Å². The zero-order valence-corrected chi connectivity index (χ0v) is 19.5. The van der Waals surface area contributed by atoms with Crippen LogP contribution in [0.1, 0.15) is 35.2 Å². The Hall–Kier alpha value is -3.35. The average Bonchev–Trinajstić information content (AvgIpc) is 3.23. The Morgan fingerprint density at radius 2 is 1.65 bits per heavy atom. The van der Waals surface area contributed by atoms with Crippen molar-refractivity contribution in [1.82, 2.24) is 4.90 Å². The number of hydrogen-bond acceptors (Lipinski definition) is 6. The van der Waals surface area contributed by atoms with Gasteiger partial charge >= 0.3 is 0 Å². The summed E-state index contributed by atoms with van der Waals surface area (Å²) in [5.41, 5.74) is 3.79. The predicted molar refractivity (Wildman–Crippen MR) is 135 cm³/mol. The van der Waals surface area contributed by atoms with Gasteiger partial charge in [-0.15, -0.1) is 11.3 Å². The number of carbonyl (C=O) groups is 1. The van der Waals surface area contributed by atoms with Crippen molar-refractivity contribution < 1.29 is 19.7 Å². The molecular formula is C28H25NO4S. The molecule has 0 unspecified atom stereocenters. The van der Waals surface area contributed by atoms with E-state index in [0.717, 1.165) is 57.0 Å². The molecule has 1 aromatic heterocycles. The highest BCUT2D eigenvalue weighted by molar-refractivity contribution is 7.23. The number of phenols is 2. The largest absolute Gasteiger partial charge is 0.508 e. The van der Waals surface area contributed by atoms with Crippen molar-refractivity contribution in [2.75, 3.05) is 26.2 Å². The fourth-order valence-corrected chi connectivity index (χ4v) is 6.37. The summed E-state index contributed by atoms with van der Waals surface area (Å²) in [6, 6.07) is 16.0. The third-order valence-electron chi connectivity index (χ3n) is 6.78. The number of fused-ring (bicyclic) bond motifs is 2. The van der Waals surface area contributed by atoms with E-state index in [2.05, 4.69) is 4.90 Å². The molecular weight excluding hydrogens is 446 g/mol. The number of thiophene rings is 1. The van der Waals surface area contributed by atoms with Crippen LogP contribution in [0.15, 0.2) is 54.6 Å². The highest BCUT2D eigenvalue weighted by Gasteiger charge is 2.31. The van der Waals surface area contributed by atoms with Crippen LogP contribution in [-0.2, 0) is 0 Å². The van der Waals surface area contributed by atoms with Gasteiger partial charge in [0.05, 0.1) is 0 Å². The van der Waals surface area contributed by atoms with E-state index < -0.39 is 0 Å². The highest BCUT2D eigenvalue weighted by atomic mass is 32.1. The third kappa shape index (κ3) is 3.63. The number of aromatic hydroxyl groups is 2. The SMILES string of the molecule is O=C1c2ccc(OCCN3CCCCC3)cc2-c2cc(O)cc3sc(-c4ccc(O)cc4)c1c23. The Balaban J connectivity index is 1.39. The minimum Gasteiger partial charge on any atom is -0.508 e. The Labute approximate surface area is 201 Å². The van der Waals surface area contributed by atoms with E-state index in [-0.39, 0.29) is 17.3 Å². The second-order valence-corrected chi connectivity index (χ2v) is 10.1. The van der Waals surface area contributed by atoms with Gasteiger partial charge in [-0.25, -0.2) is 0 Å². The number of benzene rings is 3. The molecule has 34 heavy (non-hydrogen) atoms. The quantitative estimate of drug-likeness (QED) is 0.326. The number of ether oxygens (including phenoxy) is 1. The van der Waals surface area contributed by atoms with Gasteiger partial charge < -0.3 is 14.9 Å². The zero-order chi connectivity index (χ0) is 23.2. The molecule has 6 rings (SSSR count). The molecule has 6 heteroatoms. The van der Waals surface area contributed by atoms with Gasteiger partial charge in [-0.2, -0.15) is 0 Å². The standard InChI is InChI=1S/C28H25NO4S/c30-18-6-4-17(5-7-18)28-26-25-23(14-19(31)15-24(25)34-28)22-16-20(8-9-21(22)27(26)32)33-13-12-29-10-2-1-3-11-29/h4-9,14-16,30-31H,1-3,10-13H2. The minimum atomic E-state index is -0.0256. The smallest absolute Gasteiger partial charge is 0.195 e. The Morgan fingerprint density at radius 1 is 0.853 bits per heavy atom. The van der Waals surface area contributed by atoms with Crippen molar-refractivity contribution in [1.29, 1.82) is 0 Å². The molecule has 2 aliphatic rings. The Morgan fingerprint density at radius 3 is 2.44 bits per heavy atom. The summed E-state index contributed by atoms with van der Waals surface area (Å²) in [7, 11) is 0. The average molecular weight is 472 g/mol. The van der Waals surface area contributed by atoms with Gasteiger partial charge in [0.25, 0.3) is 0 Å². The van der Waals surface area contributed by atoms with Crippen LogP contribution in [0, 0.1) is 0 Å². The molecule has 0 radical (unpaired) electrons. The monoisotopic (exact) mass is 471 g/mol. The van der Waals surface area contributed by atoms with E-state index in [1.807, 2.05) is 30.3 Å². The van der Waals surface area contributed by atoms with Crippen molar-refractivity contribution in [3.63, 3.8) is 0 Å². The number of piperidine rings is 1. The number of nitrogens with zero attached hydrogens (tertiary/aromatic N) is 1. The van der Waals surface area contributed by atoms with Crippen LogP contribution in [0.3, 0.4) is 0 Å². The van der Waals surface area contributed by atoms with Crippen LogP contribution in [-0.4, -0.2) is 47.1 Å². The van der Waals surface area contributed by atoms with Crippen molar-refractivity contribution >= 4 is 27.2 Å². The lowest BCUT2D eigenvalue weighted by molar-refractivity contribution is 0.104. The number of hydrogen-bond donors (Lipinski definition) is 2. The van der Waals surface area contributed by atoms with Crippen molar-refractivity contribution in [3.8, 4) is 38.8 Å². The van der Waals surface area contributed by atoms with Crippen molar-refractivity contribution in [2.24, 2.45) is 0 Å². The molecule has 3 aromatic carbocycles. The third-order valence-corrected chi connectivity index (χ3v) is 7.97. The fourth-order valence-electron chi connectivity index (χ4n) is 5.10. The molecule has 1 fully saturated rings. The number of likely N-dealkylation sites (tertiary alicyclic amines) is 1. The van der Waals surface area contributed by atoms with Gasteiger partial charge in [0.2, 0.25) is 0 Å². The topological polar surface area (TPSA) is 70.0 Å². The first-order valence-electron chi connectivity index (χ1n) is 11.7. The van der Waals surface area contributed by atoms with Gasteiger partial charge in [0, 0.05) is 32.6 Å². The fraction of sp³-hybridized carbons (Fsp3) is 0.250. The summed E-state index contributed by atoms with van der Waals surface area (Å²) in [6.07, 6.45) is 3.82. The van der Waals surface area contributed by atoms with Gasteiger partial charge in [-0.05, 0) is 97.2 Å². The summed E-state index contributed by atoms with van der Waals surface area (Å²) in [5.74, 6) is 1.06. The zero-order valence-electron chi connectivity index (χ0n) is 18.7. The molecule has 1 aliphatic heterocycles. The summed E-state index contributed by atoms with van der Waals surface area (Å²) >= 11 is 1.48. The van der Waals surface area contributed by atoms with Crippen LogP contribution in [0.2, 0.25) is 0 Å². The first-order valence-corrected chi connectivity index (χ1v) is 12.5. The first kappa shape index (κ1) is 21.2. The summed E-state index contributed by atoms with van der Waals surface area (Å²) in [4.78, 5) is 17.0. The normalized spacial score (nSPS) is 15.5. The minimum absolute atomic E-state index is 0.0256. The maximum Gasteiger partial charge on any atom is 0.195 e. The first-order chi connectivity index (χ1) is 16.6. The van der Waals surface area contributed by atoms with Gasteiger partial charge in [0.15, 0.2) is 5.78 Å². The van der Waals surface area contributed by atoms with Gasteiger partial charge in [-0.1, -0.05) is 6.42 Å². The Bertz CT molecular complexity index is 1400. The van der Waals surface area contributed by atoms with E-state index in [4.69, 9.17) is 4.74 Å². The van der Waals surface area contributed by atoms with E-state index in [0.29, 0.717) is 17.7 Å². The molecule has 172 valence electrons. The summed E-state index contributed by atoms with van der Waals surface area (Å²) in [5, 5.41) is 21.0. The number of rotatable bonds is 5. The second-order valence-electron chi connectivity index (χ2n) is 9.01. The molecule has 0 saturated carbocycles. The number of ketones is 1. The highest BCUT2D eigenvalue weighted by Crippen LogP contribution is 2.50. The van der Waals surface area contributed by atoms with Gasteiger partial charge in [-0.3, -0.25) is 9.69 Å². The lowest BCUT2D eigenvalue weighted by atomic mass is 9.84. The molecule has 1 saturated heterocycles. The molecule has 2 heterocycles. The molecule has 2 N–H and O–H groups in total. The second kappa shape index (κ2) is 8.46. The van der Waals surface area contributed by atoms with Crippen LogP contribution < -0.4 is 4.74 Å². The van der Waals surface area contributed by atoms with E-state index in [9.17, 15) is 15.0 Å². The van der Waals surface area contributed by atoms with E-state index >= 15 is 0 Å². The Kier molecular flexibility index (Phi) is 5.27. The molecule has 0 spiro atoms. The van der Waals surface area contributed by atoms with Crippen LogP contribution in [0.4, 0.5) is 0 Å². The lowest BCUT2D eigenvalue weighted by Crippen LogP contribution is -2.33. The molecule has 0 amide bonds. The predicted octanol–water partition coefficient (Wildman–Crippen LogP) is 6.06. The van der Waals surface area contributed by atoms with Gasteiger partial charge in [0.1, 0.15) is 23.9 Å². The lowest BCUT2D eigenvalue weighted by Gasteiger charge is -2.26. The molecule has 1 aliphatic carbocycles. The van der Waals surface area contributed by atoms with E-state index in [1.54, 1.807) is 24.3 Å². The molecule has 0 atom stereocenters. The van der Waals surface area contributed by atoms with Crippen LogP contribution in [0.5, 0.6) is 17.2 Å². The maximum absolute atomic E-state index is 13.7. The summed E-state index contributed by atoms with van der Waals surface area (Å²) < 4.78 is 6.94. The number of phenolic OH excluding ortho intramolecular Hbond substituents is 2. The molecule has 5 nitrogen and oxygen atoms in total. The van der Waals surface area contributed by atoms with E-state index in [1.165, 1.54) is 30.6 Å². The molecule has 4 aromatic rings. The summed E-state index contributed by atoms with van der Waals surface area (Å²) in [6.45, 7) is 3.77. The van der Waals surface area contributed by atoms with Crippen molar-refractivity contribution in [3.05, 3.63) is 65.7 Å². The number of carbonyl (C=O) groups excluding carboxylic acids is 1.